The minimum absolute atomic E-state index is 0.0606. The van der Waals surface area contributed by atoms with E-state index in [-0.39, 0.29) is 17.7 Å². The van der Waals surface area contributed by atoms with Crippen LogP contribution in [0.15, 0.2) is 66.9 Å². The average Bonchev–Trinajstić information content (AvgIpc) is 3.43. The van der Waals surface area contributed by atoms with Crippen LogP contribution in [-0.4, -0.2) is 65.9 Å². The second-order valence-corrected chi connectivity index (χ2v) is 10.1. The summed E-state index contributed by atoms with van der Waals surface area (Å²) in [4.78, 5) is 29.2. The second-order valence-electron chi connectivity index (χ2n) is 10.1. The van der Waals surface area contributed by atoms with Crippen LogP contribution in [-0.2, 0) is 25.4 Å². The Hall–Kier alpha value is -4.19. The molecular formula is C30H32FN5O5. The van der Waals surface area contributed by atoms with E-state index < -0.39 is 11.7 Å². The lowest BCUT2D eigenvalue weighted by molar-refractivity contribution is -0.232. The van der Waals surface area contributed by atoms with Crippen molar-refractivity contribution >= 4 is 5.91 Å². The Labute approximate surface area is 237 Å². The van der Waals surface area contributed by atoms with Gasteiger partial charge in [-0.1, -0.05) is 37.3 Å². The number of imidazole rings is 1. The molecule has 0 unspecified atom stereocenters. The summed E-state index contributed by atoms with van der Waals surface area (Å²) in [5.41, 5.74) is 2.89. The number of aromatic nitrogens is 4. The van der Waals surface area contributed by atoms with E-state index in [1.54, 1.807) is 31.5 Å². The highest BCUT2D eigenvalue weighted by atomic mass is 19.1. The first-order chi connectivity index (χ1) is 19.9. The smallest absolute Gasteiger partial charge is 0.317 e. The van der Waals surface area contributed by atoms with Crippen LogP contribution in [0.1, 0.15) is 24.6 Å². The number of carbonyl (C=O) groups is 1. The number of hydrogen-bond acceptors (Lipinski definition) is 8. The van der Waals surface area contributed by atoms with Crippen LogP contribution >= 0.6 is 0 Å². The van der Waals surface area contributed by atoms with Crippen molar-refractivity contribution in [2.75, 3.05) is 40.1 Å². The van der Waals surface area contributed by atoms with Gasteiger partial charge in [0.1, 0.15) is 12.4 Å². The summed E-state index contributed by atoms with van der Waals surface area (Å²) in [5.74, 6) is 0.0283. The molecule has 1 aliphatic rings. The van der Waals surface area contributed by atoms with Gasteiger partial charge in [-0.3, -0.25) is 4.79 Å². The first kappa shape index (κ1) is 28.3. The molecule has 1 saturated heterocycles. The molecule has 3 heterocycles. The van der Waals surface area contributed by atoms with Gasteiger partial charge in [-0.05, 0) is 35.9 Å². The molecule has 214 valence electrons. The topological polar surface area (TPSA) is 120 Å². The largest absolute Gasteiger partial charge is 0.461 e. The van der Waals surface area contributed by atoms with Crippen LogP contribution in [0.4, 0.5) is 4.39 Å². The fraction of sp³-hybridized carbons (Fsp3) is 0.333. The zero-order chi connectivity index (χ0) is 28.7. The molecule has 5 rings (SSSR count). The predicted molar refractivity (Wildman–Crippen MR) is 148 cm³/mol. The van der Waals surface area contributed by atoms with Gasteiger partial charge in [0.2, 0.25) is 12.2 Å². The van der Waals surface area contributed by atoms with Crippen molar-refractivity contribution < 1.29 is 28.1 Å². The SMILES string of the molecule is COCCOc1nccc(-c2[nH]c(C3OCC(C)(CNC(=O)Cc4ccccc4)CO3)nc2-c2ccc(F)cc2)n1. The lowest BCUT2D eigenvalue weighted by Gasteiger charge is -2.36. The lowest BCUT2D eigenvalue weighted by Crippen LogP contribution is -2.45. The number of nitrogens with one attached hydrogen (secondary N) is 2. The summed E-state index contributed by atoms with van der Waals surface area (Å²) in [6.45, 7) is 3.78. The molecule has 0 saturated carbocycles. The number of H-pyrrole nitrogens is 1. The molecule has 1 fully saturated rings. The number of ether oxygens (including phenoxy) is 4. The van der Waals surface area contributed by atoms with Crippen molar-refractivity contribution in [3.63, 3.8) is 0 Å². The van der Waals surface area contributed by atoms with Gasteiger partial charge in [-0.25, -0.2) is 14.4 Å². The summed E-state index contributed by atoms with van der Waals surface area (Å²) in [6.07, 6.45) is 1.13. The van der Waals surface area contributed by atoms with Gasteiger partial charge in [0, 0.05) is 30.8 Å². The summed E-state index contributed by atoms with van der Waals surface area (Å²) < 4.78 is 36.4. The van der Waals surface area contributed by atoms with Gasteiger partial charge in [0.15, 0.2) is 5.82 Å². The number of hydrogen-bond donors (Lipinski definition) is 2. The number of carbonyl (C=O) groups excluding carboxylic acids is 1. The number of methoxy groups -OCH3 is 1. The molecule has 41 heavy (non-hydrogen) atoms. The highest BCUT2D eigenvalue weighted by Gasteiger charge is 2.35. The molecule has 10 nitrogen and oxygen atoms in total. The molecular weight excluding hydrogens is 529 g/mol. The molecule has 0 aliphatic carbocycles. The summed E-state index contributed by atoms with van der Waals surface area (Å²) in [6, 6.07) is 17.5. The third-order valence-corrected chi connectivity index (χ3v) is 6.56. The normalized spacial score (nSPS) is 18.7. The third-order valence-electron chi connectivity index (χ3n) is 6.56. The Kier molecular flexibility index (Phi) is 8.98. The molecule has 2 aromatic heterocycles. The van der Waals surface area contributed by atoms with Crippen molar-refractivity contribution in [3.05, 3.63) is 84.1 Å². The molecule has 0 bridgehead atoms. The third kappa shape index (κ3) is 7.31. The van der Waals surface area contributed by atoms with Gasteiger partial charge in [-0.2, -0.15) is 4.98 Å². The number of nitrogens with zero attached hydrogens (tertiary/aromatic N) is 3. The minimum Gasteiger partial charge on any atom is -0.461 e. The molecule has 2 N–H and O–H groups in total. The van der Waals surface area contributed by atoms with E-state index in [4.69, 9.17) is 23.9 Å². The first-order valence-corrected chi connectivity index (χ1v) is 13.3. The molecule has 0 spiro atoms. The van der Waals surface area contributed by atoms with Crippen LogP contribution in [0.2, 0.25) is 0 Å². The molecule has 4 aromatic rings. The molecule has 1 amide bonds. The number of amides is 1. The monoisotopic (exact) mass is 561 g/mol. The molecule has 0 radical (unpaired) electrons. The minimum atomic E-state index is -0.768. The van der Waals surface area contributed by atoms with E-state index in [1.165, 1.54) is 12.1 Å². The zero-order valence-corrected chi connectivity index (χ0v) is 22.9. The predicted octanol–water partition coefficient (Wildman–Crippen LogP) is 4.11. The van der Waals surface area contributed by atoms with E-state index in [0.717, 1.165) is 5.56 Å². The quantitative estimate of drug-likeness (QED) is 0.263. The Morgan fingerprint density at radius 2 is 1.83 bits per heavy atom. The number of aromatic amines is 1. The van der Waals surface area contributed by atoms with Crippen LogP contribution in [0.25, 0.3) is 22.6 Å². The van der Waals surface area contributed by atoms with E-state index in [1.807, 2.05) is 37.3 Å². The maximum Gasteiger partial charge on any atom is 0.317 e. The second kappa shape index (κ2) is 13.0. The van der Waals surface area contributed by atoms with Crippen LogP contribution in [0.5, 0.6) is 6.01 Å². The molecule has 0 atom stereocenters. The van der Waals surface area contributed by atoms with Crippen LogP contribution in [0.3, 0.4) is 0 Å². The van der Waals surface area contributed by atoms with Gasteiger partial charge in [-0.15, -0.1) is 0 Å². The van der Waals surface area contributed by atoms with Crippen molar-refractivity contribution in [1.29, 1.82) is 0 Å². The Bertz CT molecular complexity index is 1440. The van der Waals surface area contributed by atoms with Crippen molar-refractivity contribution in [2.24, 2.45) is 5.41 Å². The van der Waals surface area contributed by atoms with Crippen molar-refractivity contribution in [3.8, 4) is 28.7 Å². The van der Waals surface area contributed by atoms with Gasteiger partial charge in [0.25, 0.3) is 0 Å². The van der Waals surface area contributed by atoms with E-state index in [2.05, 4.69) is 20.3 Å². The van der Waals surface area contributed by atoms with Gasteiger partial charge in [0.05, 0.1) is 43.3 Å². The van der Waals surface area contributed by atoms with E-state index >= 15 is 0 Å². The maximum atomic E-state index is 13.7. The number of halogens is 1. The van der Waals surface area contributed by atoms with E-state index in [0.29, 0.717) is 67.9 Å². The van der Waals surface area contributed by atoms with E-state index in [9.17, 15) is 9.18 Å². The molecule has 1 aliphatic heterocycles. The number of benzene rings is 2. The standard InChI is InChI=1S/C30H32FN5O5/c1-30(17-33-24(37)16-20-6-4-3-5-7-20)18-40-28(41-19-30)27-35-25(21-8-10-22(31)11-9-21)26(36-27)23-12-13-32-29(34-23)39-15-14-38-2/h3-13,28H,14-19H2,1-2H3,(H,33,37)(H,35,36). The maximum absolute atomic E-state index is 13.7. The highest BCUT2D eigenvalue weighted by molar-refractivity contribution is 5.78. The van der Waals surface area contributed by atoms with Crippen molar-refractivity contribution in [2.45, 2.75) is 19.6 Å². The summed E-state index contributed by atoms with van der Waals surface area (Å²) in [5, 5.41) is 2.99. The summed E-state index contributed by atoms with van der Waals surface area (Å²) >= 11 is 0. The Morgan fingerprint density at radius 1 is 1.07 bits per heavy atom. The highest BCUT2D eigenvalue weighted by Crippen LogP contribution is 2.35. The molecule has 2 aromatic carbocycles. The molecule has 11 heteroatoms. The lowest BCUT2D eigenvalue weighted by atomic mass is 9.92. The van der Waals surface area contributed by atoms with Crippen LogP contribution < -0.4 is 10.1 Å². The zero-order valence-electron chi connectivity index (χ0n) is 22.9. The Morgan fingerprint density at radius 3 is 2.56 bits per heavy atom. The average molecular weight is 562 g/mol. The van der Waals surface area contributed by atoms with Gasteiger partial charge < -0.3 is 29.2 Å². The van der Waals surface area contributed by atoms with Crippen molar-refractivity contribution in [1.82, 2.24) is 25.3 Å². The van der Waals surface area contributed by atoms with Gasteiger partial charge >= 0.3 is 6.01 Å². The number of rotatable bonds is 11. The van der Waals surface area contributed by atoms with Crippen LogP contribution in [0, 0.1) is 11.2 Å². The first-order valence-electron chi connectivity index (χ1n) is 13.3. The fourth-order valence-corrected chi connectivity index (χ4v) is 4.33. The summed E-state index contributed by atoms with van der Waals surface area (Å²) in [7, 11) is 1.59. The Balaban J connectivity index is 1.30. The fourth-order valence-electron chi connectivity index (χ4n) is 4.33.